The number of aromatic nitrogens is 1. The van der Waals surface area contributed by atoms with Crippen molar-refractivity contribution in [1.82, 2.24) is 10.3 Å². The summed E-state index contributed by atoms with van der Waals surface area (Å²) in [6.45, 7) is 3.84. The summed E-state index contributed by atoms with van der Waals surface area (Å²) in [7, 11) is 0. The van der Waals surface area contributed by atoms with Gasteiger partial charge in [-0.25, -0.2) is 4.98 Å². The summed E-state index contributed by atoms with van der Waals surface area (Å²) >= 11 is 7.12. The van der Waals surface area contributed by atoms with Gasteiger partial charge in [-0.2, -0.15) is 0 Å². The average molecular weight is 285 g/mol. The van der Waals surface area contributed by atoms with Gasteiger partial charge in [0.1, 0.15) is 5.52 Å². The van der Waals surface area contributed by atoms with Gasteiger partial charge >= 0.3 is 0 Å². The molecule has 18 heavy (non-hydrogen) atoms. The Bertz CT molecular complexity index is 568. The Labute approximate surface area is 114 Å². The van der Waals surface area contributed by atoms with Gasteiger partial charge in [-0.1, -0.05) is 23.4 Å². The van der Waals surface area contributed by atoms with Crippen molar-refractivity contribution >= 4 is 40.4 Å². The summed E-state index contributed by atoms with van der Waals surface area (Å²) in [5.41, 5.74) is 1.38. The monoisotopic (exact) mass is 284 g/mol. The Balaban J connectivity index is 2.02. The third-order valence-corrected chi connectivity index (χ3v) is 3.17. The minimum absolute atomic E-state index is 0.0321. The summed E-state index contributed by atoms with van der Waals surface area (Å²) in [5, 5.41) is 3.89. The molecular formula is C12H13ClN2O2S. The van der Waals surface area contributed by atoms with E-state index < -0.39 is 0 Å². The molecule has 6 heteroatoms. The maximum absolute atomic E-state index is 11.5. The first-order valence-electron chi connectivity index (χ1n) is 5.53. The second-order valence-corrected chi connectivity index (χ2v) is 5.47. The lowest BCUT2D eigenvalue weighted by Crippen LogP contribution is -2.31. The van der Waals surface area contributed by atoms with Crippen molar-refractivity contribution in [2.24, 2.45) is 0 Å². The molecule has 0 aliphatic heterocycles. The fourth-order valence-electron chi connectivity index (χ4n) is 1.43. The van der Waals surface area contributed by atoms with E-state index in [0.717, 1.165) is 5.52 Å². The average Bonchev–Trinajstić information content (AvgIpc) is 2.67. The highest BCUT2D eigenvalue weighted by Gasteiger charge is 2.10. The molecular weight excluding hydrogens is 272 g/mol. The number of nitrogens with one attached hydrogen (secondary N) is 1. The maximum atomic E-state index is 11.5. The van der Waals surface area contributed by atoms with Crippen LogP contribution in [-0.2, 0) is 4.79 Å². The molecule has 0 spiro atoms. The minimum Gasteiger partial charge on any atom is -0.431 e. The molecule has 0 radical (unpaired) electrons. The molecule has 0 unspecified atom stereocenters. The van der Waals surface area contributed by atoms with Gasteiger partial charge < -0.3 is 9.73 Å². The molecule has 2 aromatic rings. The van der Waals surface area contributed by atoms with Crippen LogP contribution in [0, 0.1) is 0 Å². The number of benzene rings is 1. The number of carbonyl (C=O) groups is 1. The van der Waals surface area contributed by atoms with Crippen LogP contribution in [0.2, 0.25) is 5.02 Å². The Hall–Kier alpha value is -1.20. The molecule has 1 aromatic carbocycles. The van der Waals surface area contributed by atoms with E-state index in [9.17, 15) is 4.79 Å². The lowest BCUT2D eigenvalue weighted by molar-refractivity contribution is -0.119. The van der Waals surface area contributed by atoms with Crippen LogP contribution < -0.4 is 5.32 Å². The zero-order chi connectivity index (χ0) is 13.1. The smallest absolute Gasteiger partial charge is 0.257 e. The Kier molecular flexibility index (Phi) is 4.14. The molecule has 0 saturated carbocycles. The van der Waals surface area contributed by atoms with Crippen molar-refractivity contribution in [3.05, 3.63) is 23.2 Å². The Morgan fingerprint density at radius 1 is 1.56 bits per heavy atom. The van der Waals surface area contributed by atoms with Crippen LogP contribution >= 0.6 is 23.4 Å². The minimum atomic E-state index is -0.0321. The first-order chi connectivity index (χ1) is 8.54. The van der Waals surface area contributed by atoms with E-state index in [0.29, 0.717) is 21.6 Å². The first-order valence-corrected chi connectivity index (χ1v) is 6.89. The number of oxazole rings is 1. The van der Waals surface area contributed by atoms with Crippen molar-refractivity contribution in [3.63, 3.8) is 0 Å². The van der Waals surface area contributed by atoms with E-state index in [4.69, 9.17) is 16.0 Å². The molecule has 0 aliphatic rings. The highest BCUT2D eigenvalue weighted by molar-refractivity contribution is 7.99. The summed E-state index contributed by atoms with van der Waals surface area (Å²) in [6.07, 6.45) is 0. The second kappa shape index (κ2) is 5.63. The maximum Gasteiger partial charge on any atom is 0.257 e. The molecule has 0 fully saturated rings. The molecule has 96 valence electrons. The molecule has 0 bridgehead atoms. The summed E-state index contributed by atoms with van der Waals surface area (Å²) in [6, 6.07) is 5.40. The highest BCUT2D eigenvalue weighted by atomic mass is 35.5. The Morgan fingerprint density at radius 2 is 2.33 bits per heavy atom. The molecule has 0 aliphatic carbocycles. The lowest BCUT2D eigenvalue weighted by Gasteiger charge is -2.06. The number of thioether (sulfide) groups is 1. The zero-order valence-corrected chi connectivity index (χ0v) is 11.6. The number of nitrogens with zero attached hydrogens (tertiary/aromatic N) is 1. The largest absolute Gasteiger partial charge is 0.431 e. The van der Waals surface area contributed by atoms with E-state index >= 15 is 0 Å². The molecule has 1 aromatic heterocycles. The molecule has 2 rings (SSSR count). The van der Waals surface area contributed by atoms with Crippen molar-refractivity contribution in [3.8, 4) is 0 Å². The number of amides is 1. The summed E-state index contributed by atoms with van der Waals surface area (Å²) in [5.74, 6) is 0.258. The zero-order valence-electron chi connectivity index (χ0n) is 10.1. The van der Waals surface area contributed by atoms with Crippen LogP contribution in [0.15, 0.2) is 27.8 Å². The van der Waals surface area contributed by atoms with Crippen molar-refractivity contribution < 1.29 is 9.21 Å². The molecule has 1 N–H and O–H groups in total. The van der Waals surface area contributed by atoms with Gasteiger partial charge in [0.25, 0.3) is 5.22 Å². The third-order valence-electron chi connectivity index (χ3n) is 2.11. The fourth-order valence-corrected chi connectivity index (χ4v) is 2.24. The first kappa shape index (κ1) is 13.2. The summed E-state index contributed by atoms with van der Waals surface area (Å²) < 4.78 is 5.49. The standard InChI is InChI=1S/C12H13ClN2O2S/c1-7(2)14-11(16)6-18-12-15-9-4-3-8(13)5-10(9)17-12/h3-5,7H,6H2,1-2H3,(H,14,16). The highest BCUT2D eigenvalue weighted by Crippen LogP contribution is 2.25. The van der Waals surface area contributed by atoms with Gasteiger partial charge in [-0.3, -0.25) is 4.79 Å². The lowest BCUT2D eigenvalue weighted by atomic mass is 10.3. The predicted molar refractivity (Wildman–Crippen MR) is 73.0 cm³/mol. The number of rotatable bonds is 4. The predicted octanol–water partition coefficient (Wildman–Crippen LogP) is 3.10. The van der Waals surface area contributed by atoms with E-state index in [1.54, 1.807) is 18.2 Å². The van der Waals surface area contributed by atoms with Crippen molar-refractivity contribution in [2.45, 2.75) is 25.1 Å². The Morgan fingerprint density at radius 3 is 3.06 bits per heavy atom. The number of fused-ring (bicyclic) bond motifs is 1. The fraction of sp³-hybridized carbons (Fsp3) is 0.333. The van der Waals surface area contributed by atoms with Gasteiger partial charge in [-0.05, 0) is 26.0 Å². The van der Waals surface area contributed by atoms with Crippen molar-refractivity contribution in [1.29, 1.82) is 0 Å². The molecule has 0 saturated heterocycles. The van der Waals surface area contributed by atoms with E-state index in [1.165, 1.54) is 11.8 Å². The quantitative estimate of drug-likeness (QED) is 0.877. The summed E-state index contributed by atoms with van der Waals surface area (Å²) in [4.78, 5) is 15.7. The van der Waals surface area contributed by atoms with Crippen LogP contribution in [0.5, 0.6) is 0 Å². The van der Waals surface area contributed by atoms with Gasteiger partial charge in [0, 0.05) is 17.1 Å². The van der Waals surface area contributed by atoms with E-state index in [1.807, 2.05) is 13.8 Å². The van der Waals surface area contributed by atoms with Crippen LogP contribution in [0.3, 0.4) is 0 Å². The van der Waals surface area contributed by atoms with Gasteiger partial charge in [0.2, 0.25) is 5.91 Å². The molecule has 1 amide bonds. The van der Waals surface area contributed by atoms with E-state index in [-0.39, 0.29) is 11.9 Å². The van der Waals surface area contributed by atoms with Crippen molar-refractivity contribution in [2.75, 3.05) is 5.75 Å². The second-order valence-electron chi connectivity index (χ2n) is 4.10. The number of hydrogen-bond acceptors (Lipinski definition) is 4. The molecule has 4 nitrogen and oxygen atoms in total. The molecule has 0 atom stereocenters. The molecule has 1 heterocycles. The topological polar surface area (TPSA) is 55.1 Å². The number of hydrogen-bond donors (Lipinski definition) is 1. The van der Waals surface area contributed by atoms with Crippen LogP contribution in [0.25, 0.3) is 11.1 Å². The van der Waals surface area contributed by atoms with Crippen LogP contribution in [0.1, 0.15) is 13.8 Å². The SMILES string of the molecule is CC(C)NC(=O)CSc1nc2ccc(Cl)cc2o1. The van der Waals surface area contributed by atoms with Crippen LogP contribution in [-0.4, -0.2) is 22.7 Å². The number of carbonyl (C=O) groups excluding carboxylic acids is 1. The van der Waals surface area contributed by atoms with Gasteiger partial charge in [-0.15, -0.1) is 0 Å². The van der Waals surface area contributed by atoms with Gasteiger partial charge in [0.05, 0.1) is 5.75 Å². The van der Waals surface area contributed by atoms with Crippen LogP contribution in [0.4, 0.5) is 0 Å². The normalized spacial score (nSPS) is 11.1. The number of halogens is 1. The third kappa shape index (κ3) is 3.40. The van der Waals surface area contributed by atoms with Gasteiger partial charge in [0.15, 0.2) is 5.58 Å². The van der Waals surface area contributed by atoms with E-state index in [2.05, 4.69) is 10.3 Å².